The van der Waals surface area contributed by atoms with Gasteiger partial charge in [-0.2, -0.15) is 0 Å². The molecule has 0 spiro atoms. The maximum Gasteiger partial charge on any atom is 0.0940 e. The van der Waals surface area contributed by atoms with Crippen molar-refractivity contribution >= 4 is 0 Å². The van der Waals surface area contributed by atoms with Crippen LogP contribution >= 0.6 is 0 Å². The highest BCUT2D eigenvalue weighted by Crippen LogP contribution is 2.24. The average molecular weight is 278 g/mol. The van der Waals surface area contributed by atoms with E-state index in [-0.39, 0.29) is 11.5 Å². The van der Waals surface area contributed by atoms with Crippen LogP contribution in [-0.2, 0) is 5.41 Å². The third kappa shape index (κ3) is 5.23. The summed E-state index contributed by atoms with van der Waals surface area (Å²) in [4.78, 5) is 2.13. The summed E-state index contributed by atoms with van der Waals surface area (Å²) >= 11 is 0. The summed E-state index contributed by atoms with van der Waals surface area (Å²) in [5.41, 5.74) is 2.42. The molecule has 0 aromatic heterocycles. The monoisotopic (exact) mass is 278 g/mol. The van der Waals surface area contributed by atoms with Gasteiger partial charge in [-0.1, -0.05) is 45.0 Å². The van der Waals surface area contributed by atoms with E-state index in [2.05, 4.69) is 43.1 Å². The van der Waals surface area contributed by atoms with E-state index < -0.39 is 6.10 Å². The van der Waals surface area contributed by atoms with Crippen molar-refractivity contribution < 1.29 is 5.11 Å². The number of aliphatic hydroxyl groups is 1. The zero-order valence-corrected chi connectivity index (χ0v) is 13.8. The van der Waals surface area contributed by atoms with Crippen molar-refractivity contribution in [2.45, 2.75) is 45.3 Å². The van der Waals surface area contributed by atoms with Gasteiger partial charge < -0.3 is 15.3 Å². The Morgan fingerprint density at radius 3 is 2.15 bits per heavy atom. The molecule has 0 saturated carbocycles. The lowest BCUT2D eigenvalue weighted by molar-refractivity contribution is 0.135. The van der Waals surface area contributed by atoms with E-state index in [1.165, 1.54) is 5.56 Å². The van der Waals surface area contributed by atoms with Crippen molar-refractivity contribution in [3.8, 4) is 0 Å². The molecule has 1 aromatic carbocycles. The topological polar surface area (TPSA) is 35.5 Å². The van der Waals surface area contributed by atoms with E-state index in [4.69, 9.17) is 0 Å². The Labute approximate surface area is 124 Å². The predicted octanol–water partition coefficient (Wildman–Crippen LogP) is 2.56. The quantitative estimate of drug-likeness (QED) is 0.839. The molecule has 1 aromatic rings. The molecule has 0 aliphatic rings. The molecule has 114 valence electrons. The van der Waals surface area contributed by atoms with Crippen LogP contribution in [0.5, 0.6) is 0 Å². The number of rotatable bonds is 6. The lowest BCUT2D eigenvalue weighted by atomic mass is 9.86. The summed E-state index contributed by atoms with van der Waals surface area (Å²) < 4.78 is 0. The first-order chi connectivity index (χ1) is 9.21. The first-order valence-electron chi connectivity index (χ1n) is 7.38. The largest absolute Gasteiger partial charge is 0.387 e. The molecule has 0 heterocycles. The Morgan fingerprint density at radius 1 is 1.15 bits per heavy atom. The van der Waals surface area contributed by atoms with Crippen molar-refractivity contribution in [1.29, 1.82) is 0 Å². The molecule has 20 heavy (non-hydrogen) atoms. The minimum atomic E-state index is -0.466. The van der Waals surface area contributed by atoms with Gasteiger partial charge in [-0.3, -0.25) is 0 Å². The fraction of sp³-hybridized carbons (Fsp3) is 0.647. The van der Waals surface area contributed by atoms with Crippen LogP contribution in [0.25, 0.3) is 0 Å². The molecule has 0 aliphatic carbocycles. The van der Waals surface area contributed by atoms with Crippen LogP contribution in [0.4, 0.5) is 0 Å². The average Bonchev–Trinajstić information content (AvgIpc) is 2.36. The number of aliphatic hydroxyl groups excluding tert-OH is 1. The first-order valence-corrected chi connectivity index (χ1v) is 7.38. The molecule has 3 heteroatoms. The fourth-order valence-electron chi connectivity index (χ4n) is 2.10. The lowest BCUT2D eigenvalue weighted by Crippen LogP contribution is -2.36. The summed E-state index contributed by atoms with van der Waals surface area (Å²) in [6.45, 7) is 10.5. The number of nitrogens with one attached hydrogen (secondary N) is 1. The Morgan fingerprint density at radius 2 is 1.70 bits per heavy atom. The summed E-state index contributed by atoms with van der Waals surface area (Å²) in [6.07, 6.45) is -0.466. The highest BCUT2D eigenvalue weighted by atomic mass is 16.3. The van der Waals surface area contributed by atoms with Gasteiger partial charge in [0.2, 0.25) is 0 Å². The number of nitrogens with zero attached hydrogens (tertiary/aromatic N) is 1. The Hall–Kier alpha value is -0.900. The second-order valence-corrected chi connectivity index (χ2v) is 6.86. The molecule has 2 atom stereocenters. The minimum absolute atomic E-state index is 0.0513. The standard InChI is InChI=1S/C17H30N2O/c1-13(18-11-12-19(5)6)16(20)14-7-9-15(10-8-14)17(2,3)4/h7-10,13,16,18,20H,11-12H2,1-6H3. The summed E-state index contributed by atoms with van der Waals surface area (Å²) in [6, 6.07) is 8.36. The van der Waals surface area contributed by atoms with Gasteiger partial charge in [0.1, 0.15) is 0 Å². The highest BCUT2D eigenvalue weighted by Gasteiger charge is 2.18. The van der Waals surface area contributed by atoms with Crippen LogP contribution in [0.2, 0.25) is 0 Å². The zero-order valence-electron chi connectivity index (χ0n) is 13.8. The third-order valence-corrected chi connectivity index (χ3v) is 3.62. The molecule has 0 fully saturated rings. The maximum absolute atomic E-state index is 10.4. The molecule has 0 saturated heterocycles. The van der Waals surface area contributed by atoms with E-state index in [0.717, 1.165) is 18.7 Å². The zero-order chi connectivity index (χ0) is 15.3. The second-order valence-electron chi connectivity index (χ2n) is 6.86. The normalized spacial score (nSPS) is 15.4. The van der Waals surface area contributed by atoms with Gasteiger partial charge >= 0.3 is 0 Å². The number of likely N-dealkylation sites (N-methyl/N-ethyl adjacent to an activating group) is 1. The number of benzene rings is 1. The molecule has 0 bridgehead atoms. The van der Waals surface area contributed by atoms with Gasteiger partial charge in [-0.15, -0.1) is 0 Å². The van der Waals surface area contributed by atoms with Crippen LogP contribution in [0.1, 0.15) is 44.9 Å². The molecule has 0 amide bonds. The van der Waals surface area contributed by atoms with Crippen molar-refractivity contribution in [2.75, 3.05) is 27.2 Å². The second kappa shape index (κ2) is 7.21. The van der Waals surface area contributed by atoms with Crippen molar-refractivity contribution in [1.82, 2.24) is 10.2 Å². The molecular weight excluding hydrogens is 248 g/mol. The highest BCUT2D eigenvalue weighted by molar-refractivity contribution is 5.29. The predicted molar refractivity (Wildman–Crippen MR) is 86.1 cm³/mol. The molecule has 0 radical (unpaired) electrons. The van der Waals surface area contributed by atoms with Gasteiger partial charge in [0, 0.05) is 19.1 Å². The van der Waals surface area contributed by atoms with Gasteiger partial charge in [0.25, 0.3) is 0 Å². The van der Waals surface area contributed by atoms with Crippen LogP contribution in [0.15, 0.2) is 24.3 Å². The first kappa shape index (κ1) is 17.2. The van der Waals surface area contributed by atoms with E-state index in [0.29, 0.717) is 0 Å². The van der Waals surface area contributed by atoms with E-state index in [1.54, 1.807) is 0 Å². The van der Waals surface area contributed by atoms with Crippen LogP contribution < -0.4 is 5.32 Å². The van der Waals surface area contributed by atoms with Crippen molar-refractivity contribution in [2.24, 2.45) is 0 Å². The Bertz CT molecular complexity index is 392. The van der Waals surface area contributed by atoms with Crippen LogP contribution in [-0.4, -0.2) is 43.2 Å². The maximum atomic E-state index is 10.4. The molecule has 0 aliphatic heterocycles. The van der Waals surface area contributed by atoms with Gasteiger partial charge in [0.15, 0.2) is 0 Å². The third-order valence-electron chi connectivity index (χ3n) is 3.62. The van der Waals surface area contributed by atoms with Gasteiger partial charge in [-0.25, -0.2) is 0 Å². The van der Waals surface area contributed by atoms with Crippen LogP contribution in [0, 0.1) is 0 Å². The van der Waals surface area contributed by atoms with E-state index in [9.17, 15) is 5.11 Å². The summed E-state index contributed by atoms with van der Waals surface area (Å²) in [5.74, 6) is 0. The van der Waals surface area contributed by atoms with E-state index >= 15 is 0 Å². The smallest absolute Gasteiger partial charge is 0.0940 e. The molecular formula is C17H30N2O. The SMILES string of the molecule is CC(NCCN(C)C)C(O)c1ccc(C(C)(C)C)cc1. The molecule has 1 rings (SSSR count). The Balaban J connectivity index is 2.60. The lowest BCUT2D eigenvalue weighted by Gasteiger charge is -2.23. The van der Waals surface area contributed by atoms with Gasteiger partial charge in [-0.05, 0) is 37.6 Å². The summed E-state index contributed by atoms with van der Waals surface area (Å²) in [7, 11) is 4.10. The fourth-order valence-corrected chi connectivity index (χ4v) is 2.10. The molecule has 2 unspecified atom stereocenters. The number of hydrogen-bond donors (Lipinski definition) is 2. The van der Waals surface area contributed by atoms with Gasteiger partial charge in [0.05, 0.1) is 6.10 Å². The van der Waals surface area contributed by atoms with Crippen LogP contribution in [0.3, 0.4) is 0 Å². The van der Waals surface area contributed by atoms with Crippen molar-refractivity contribution in [3.05, 3.63) is 35.4 Å². The van der Waals surface area contributed by atoms with Crippen molar-refractivity contribution in [3.63, 3.8) is 0 Å². The molecule has 2 N–H and O–H groups in total. The molecule has 3 nitrogen and oxygen atoms in total. The van der Waals surface area contributed by atoms with E-state index in [1.807, 2.05) is 33.2 Å². The number of hydrogen-bond acceptors (Lipinski definition) is 3. The minimum Gasteiger partial charge on any atom is -0.387 e. The summed E-state index contributed by atoms with van der Waals surface area (Å²) in [5, 5.41) is 13.7. The Kier molecular flexibility index (Phi) is 6.18.